The number of hydrogen-bond donors (Lipinski definition) is 0. The van der Waals surface area contributed by atoms with Crippen LogP contribution in [-0.4, -0.2) is 13.2 Å². The molecule has 0 N–H and O–H groups in total. The maximum Gasteiger partial charge on any atom is 0.127 e. The third kappa shape index (κ3) is 9.60. The lowest BCUT2D eigenvalue weighted by Gasteiger charge is -2.29. The fourth-order valence-electron chi connectivity index (χ4n) is 6.74. The molecule has 0 fully saturated rings. The maximum absolute atomic E-state index is 6.92. The smallest absolute Gasteiger partial charge is 0.127 e. The fourth-order valence-corrected chi connectivity index (χ4v) is 11.7. The molecule has 0 radical (unpaired) electrons. The molecule has 0 amide bonds. The number of ether oxygens (including phenoxy) is 2. The molecule has 6 aromatic carbocycles. The second-order valence-corrected chi connectivity index (χ2v) is 17.5. The summed E-state index contributed by atoms with van der Waals surface area (Å²) < 4.78 is 13.8. The number of rotatable bonds is 19. The van der Waals surface area contributed by atoms with Crippen LogP contribution in [0.5, 0.6) is 11.5 Å². The molecule has 0 aromatic heterocycles. The Hall–Kier alpha value is -4.22. The predicted octanol–water partition coefficient (Wildman–Crippen LogP) is 10.8. The van der Waals surface area contributed by atoms with Gasteiger partial charge in [0.05, 0.1) is 13.2 Å². The van der Waals surface area contributed by atoms with Gasteiger partial charge in [0.1, 0.15) is 11.5 Å². The van der Waals surface area contributed by atoms with Crippen LogP contribution in [0, 0.1) is 0 Å². The lowest BCUT2D eigenvalue weighted by Crippen LogP contribution is -2.26. The molecule has 0 aliphatic heterocycles. The molecule has 52 heavy (non-hydrogen) atoms. The summed E-state index contributed by atoms with van der Waals surface area (Å²) in [4.78, 5) is 0. The van der Waals surface area contributed by atoms with E-state index in [1.807, 2.05) is 0 Å². The zero-order valence-corrected chi connectivity index (χ0v) is 32.6. The molecular weight excluding hydrogens is 670 g/mol. The van der Waals surface area contributed by atoms with Crippen molar-refractivity contribution < 1.29 is 9.47 Å². The second-order valence-electron chi connectivity index (χ2n) is 13.1. The first-order valence-corrected chi connectivity index (χ1v) is 21.8. The van der Waals surface area contributed by atoms with E-state index in [0.717, 1.165) is 35.5 Å². The third-order valence-electron chi connectivity index (χ3n) is 9.31. The maximum atomic E-state index is 6.92. The van der Waals surface area contributed by atoms with Gasteiger partial charge in [0.15, 0.2) is 0 Å². The van der Waals surface area contributed by atoms with Crippen molar-refractivity contribution in [2.75, 3.05) is 13.2 Å². The van der Waals surface area contributed by atoms with Gasteiger partial charge in [-0.05, 0) is 72.6 Å². The topological polar surface area (TPSA) is 18.5 Å². The first kappa shape index (κ1) is 37.5. The monoisotopic (exact) mass is 722 g/mol. The van der Waals surface area contributed by atoms with Crippen molar-refractivity contribution in [2.24, 2.45) is 0 Å². The lowest BCUT2D eigenvalue weighted by molar-refractivity contribution is 0.302. The minimum atomic E-state index is -0.933. The molecule has 0 saturated carbocycles. The van der Waals surface area contributed by atoms with E-state index in [9.17, 15) is 0 Å². The highest BCUT2D eigenvalue weighted by Crippen LogP contribution is 2.47. The Morgan fingerprint density at radius 2 is 0.673 bits per heavy atom. The van der Waals surface area contributed by atoms with Gasteiger partial charge in [0.25, 0.3) is 0 Å². The third-order valence-corrected chi connectivity index (χ3v) is 14.3. The summed E-state index contributed by atoms with van der Waals surface area (Å²) in [5.41, 5.74) is 2.32. The molecule has 0 aliphatic carbocycles. The van der Waals surface area contributed by atoms with Crippen LogP contribution in [0.25, 0.3) is 11.1 Å². The SMILES string of the molecule is CCCCCCOc1cccc(P(c2ccccc2)c2ccccc2)c1-c1c(OCCCCCC)cccc1P(c1ccccc1)c1ccccc1. The molecular formula is C48H52O2P2. The van der Waals surface area contributed by atoms with E-state index in [1.165, 1.54) is 70.4 Å². The molecule has 0 unspecified atom stereocenters. The van der Waals surface area contributed by atoms with Crippen LogP contribution in [0.1, 0.15) is 65.2 Å². The summed E-state index contributed by atoms with van der Waals surface area (Å²) in [5, 5.41) is 7.85. The van der Waals surface area contributed by atoms with Gasteiger partial charge in [-0.25, -0.2) is 0 Å². The van der Waals surface area contributed by atoms with Crippen molar-refractivity contribution in [3.05, 3.63) is 158 Å². The largest absolute Gasteiger partial charge is 0.493 e. The van der Waals surface area contributed by atoms with Gasteiger partial charge in [-0.1, -0.05) is 198 Å². The Balaban J connectivity index is 1.63. The van der Waals surface area contributed by atoms with Gasteiger partial charge in [-0.15, -0.1) is 0 Å². The van der Waals surface area contributed by atoms with Crippen molar-refractivity contribution >= 4 is 47.7 Å². The minimum absolute atomic E-state index is 0.687. The van der Waals surface area contributed by atoms with E-state index in [0.29, 0.717) is 13.2 Å². The van der Waals surface area contributed by atoms with Crippen LogP contribution in [0.4, 0.5) is 0 Å². The van der Waals surface area contributed by atoms with Crippen molar-refractivity contribution in [3.8, 4) is 22.6 Å². The van der Waals surface area contributed by atoms with Crippen LogP contribution in [0.15, 0.2) is 158 Å². The van der Waals surface area contributed by atoms with E-state index in [2.05, 4.69) is 172 Å². The zero-order chi connectivity index (χ0) is 35.8. The molecule has 0 aliphatic rings. The lowest BCUT2D eigenvalue weighted by atomic mass is 10.0. The van der Waals surface area contributed by atoms with Gasteiger partial charge >= 0.3 is 0 Å². The van der Waals surface area contributed by atoms with E-state index < -0.39 is 15.8 Å². The molecule has 0 saturated heterocycles. The quantitative estimate of drug-likeness (QED) is 0.0612. The van der Waals surface area contributed by atoms with Crippen molar-refractivity contribution in [1.29, 1.82) is 0 Å². The van der Waals surface area contributed by atoms with Gasteiger partial charge in [-0.2, -0.15) is 0 Å². The predicted molar refractivity (Wildman–Crippen MR) is 229 cm³/mol. The molecule has 6 rings (SSSR count). The Bertz CT molecular complexity index is 1690. The normalized spacial score (nSPS) is 11.2. The summed E-state index contributed by atoms with van der Waals surface area (Å²) in [6.07, 6.45) is 9.26. The molecule has 0 bridgehead atoms. The van der Waals surface area contributed by atoms with Crippen molar-refractivity contribution in [1.82, 2.24) is 0 Å². The van der Waals surface area contributed by atoms with E-state index in [4.69, 9.17) is 9.47 Å². The van der Waals surface area contributed by atoms with E-state index in [1.54, 1.807) is 0 Å². The second kappa shape index (κ2) is 20.1. The average Bonchev–Trinajstić information content (AvgIpc) is 3.20. The number of unbranched alkanes of at least 4 members (excludes halogenated alkanes) is 6. The fraction of sp³-hybridized carbons (Fsp3) is 0.250. The van der Waals surface area contributed by atoms with Gasteiger partial charge in [-0.3, -0.25) is 0 Å². The molecule has 6 aromatic rings. The van der Waals surface area contributed by atoms with Crippen LogP contribution < -0.4 is 41.3 Å². The number of benzene rings is 6. The Kier molecular flexibility index (Phi) is 14.5. The minimum Gasteiger partial charge on any atom is -0.493 e. The summed E-state index contributed by atoms with van der Waals surface area (Å²) in [5.74, 6) is 1.88. The number of hydrogen-bond acceptors (Lipinski definition) is 2. The molecule has 0 heterocycles. The first-order chi connectivity index (χ1) is 25.8. The summed E-state index contributed by atoms with van der Waals surface area (Å²) in [6, 6.07) is 57.6. The van der Waals surface area contributed by atoms with Crippen LogP contribution in [-0.2, 0) is 0 Å². The molecule has 0 spiro atoms. The van der Waals surface area contributed by atoms with Crippen molar-refractivity contribution in [3.63, 3.8) is 0 Å². The van der Waals surface area contributed by atoms with Gasteiger partial charge < -0.3 is 9.47 Å². The molecule has 0 atom stereocenters. The Labute approximate surface area is 314 Å². The van der Waals surface area contributed by atoms with Crippen molar-refractivity contribution in [2.45, 2.75) is 65.2 Å². The van der Waals surface area contributed by atoms with Crippen LogP contribution in [0.2, 0.25) is 0 Å². The molecule has 2 nitrogen and oxygen atoms in total. The molecule has 266 valence electrons. The highest BCUT2D eigenvalue weighted by Gasteiger charge is 2.30. The van der Waals surface area contributed by atoms with E-state index in [-0.39, 0.29) is 0 Å². The summed E-state index contributed by atoms with van der Waals surface area (Å²) in [7, 11) is -1.87. The average molecular weight is 723 g/mol. The summed E-state index contributed by atoms with van der Waals surface area (Å²) >= 11 is 0. The van der Waals surface area contributed by atoms with Crippen LogP contribution >= 0.6 is 15.8 Å². The van der Waals surface area contributed by atoms with Gasteiger partial charge in [0.2, 0.25) is 0 Å². The Morgan fingerprint density at radius 1 is 0.346 bits per heavy atom. The summed E-state index contributed by atoms with van der Waals surface area (Å²) in [6.45, 7) is 5.89. The first-order valence-electron chi connectivity index (χ1n) is 19.1. The standard InChI is InChI=1S/C48H52O2P2/c1-3-5-7-21-37-49-43-33-23-35-45(51(39-25-13-9-14-26-39)40-27-15-10-16-28-40)47(43)48-44(50-38-22-8-6-4-2)34-24-36-46(48)52(41-29-17-11-18-30-41)42-31-19-12-20-32-42/h9-20,23-36H,3-8,21-22,37-38H2,1-2H3. The molecule has 4 heteroatoms. The Morgan fingerprint density at radius 3 is 0.981 bits per heavy atom. The van der Waals surface area contributed by atoms with E-state index >= 15 is 0 Å². The highest BCUT2D eigenvalue weighted by molar-refractivity contribution is 7.80. The van der Waals surface area contributed by atoms with Gasteiger partial charge in [0, 0.05) is 11.1 Å². The zero-order valence-electron chi connectivity index (χ0n) is 30.8. The highest BCUT2D eigenvalue weighted by atomic mass is 31.1. The van der Waals surface area contributed by atoms with Crippen LogP contribution in [0.3, 0.4) is 0 Å².